The second kappa shape index (κ2) is 4.00. The molecule has 1 unspecified atom stereocenters. The van der Waals surface area contributed by atoms with Gasteiger partial charge >= 0.3 is 0 Å². The van der Waals surface area contributed by atoms with E-state index in [4.69, 9.17) is 5.73 Å². The second-order valence-electron chi connectivity index (χ2n) is 4.20. The third-order valence-corrected chi connectivity index (χ3v) is 3.07. The predicted molar refractivity (Wildman–Crippen MR) is 65.5 cm³/mol. The molecule has 0 aliphatic carbocycles. The molecular formula is C13H16N2O. The van der Waals surface area contributed by atoms with E-state index in [-0.39, 0.29) is 5.91 Å². The number of aromatic amines is 1. The highest BCUT2D eigenvalue weighted by atomic mass is 16.1. The molecular weight excluding hydrogens is 200 g/mol. The molecule has 0 saturated heterocycles. The smallest absolute Gasteiger partial charge is 0.248 e. The number of nitrogens with two attached hydrogens (primary N) is 1. The van der Waals surface area contributed by atoms with Gasteiger partial charge in [0.2, 0.25) is 5.91 Å². The van der Waals surface area contributed by atoms with Gasteiger partial charge in [-0.3, -0.25) is 4.79 Å². The van der Waals surface area contributed by atoms with Crippen molar-refractivity contribution < 1.29 is 4.79 Å². The van der Waals surface area contributed by atoms with Crippen LogP contribution >= 0.6 is 0 Å². The summed E-state index contributed by atoms with van der Waals surface area (Å²) >= 11 is 0. The van der Waals surface area contributed by atoms with Crippen LogP contribution in [0.15, 0.2) is 24.3 Å². The molecule has 2 aromatic rings. The number of rotatable bonds is 3. The van der Waals surface area contributed by atoms with Gasteiger partial charge in [-0.2, -0.15) is 0 Å². The number of H-pyrrole nitrogens is 1. The van der Waals surface area contributed by atoms with Crippen molar-refractivity contribution in [2.75, 3.05) is 0 Å². The summed E-state index contributed by atoms with van der Waals surface area (Å²) in [5.74, 6) is 0.123. The molecule has 1 aromatic heterocycles. The van der Waals surface area contributed by atoms with E-state index in [9.17, 15) is 4.79 Å². The standard InChI is InChI=1S/C13H16N2O/c1-3-8(2)12-7-10-6-9(13(14)16)4-5-11(10)15-12/h4-8,15H,3H2,1-2H3,(H2,14,16). The van der Waals surface area contributed by atoms with Crippen LogP contribution in [0.1, 0.15) is 42.2 Å². The summed E-state index contributed by atoms with van der Waals surface area (Å²) in [5.41, 5.74) is 8.07. The average Bonchev–Trinajstić information content (AvgIpc) is 2.70. The highest BCUT2D eigenvalue weighted by Gasteiger charge is 2.08. The summed E-state index contributed by atoms with van der Waals surface area (Å²) < 4.78 is 0. The summed E-state index contributed by atoms with van der Waals surface area (Å²) in [6, 6.07) is 7.58. The third kappa shape index (κ3) is 1.81. The molecule has 0 fully saturated rings. The van der Waals surface area contributed by atoms with Crippen LogP contribution < -0.4 is 5.73 Å². The number of benzene rings is 1. The summed E-state index contributed by atoms with van der Waals surface area (Å²) in [6.45, 7) is 4.34. The maximum absolute atomic E-state index is 11.1. The van der Waals surface area contributed by atoms with Gasteiger partial charge in [-0.25, -0.2) is 0 Å². The number of hydrogen-bond donors (Lipinski definition) is 2. The number of aromatic nitrogens is 1. The number of amides is 1. The van der Waals surface area contributed by atoms with E-state index in [1.165, 1.54) is 5.69 Å². The van der Waals surface area contributed by atoms with Crippen molar-refractivity contribution in [1.29, 1.82) is 0 Å². The first kappa shape index (κ1) is 10.7. The van der Waals surface area contributed by atoms with E-state index < -0.39 is 0 Å². The molecule has 84 valence electrons. The zero-order valence-corrected chi connectivity index (χ0v) is 9.58. The predicted octanol–water partition coefficient (Wildman–Crippen LogP) is 2.78. The number of fused-ring (bicyclic) bond motifs is 1. The molecule has 0 saturated carbocycles. The fraction of sp³-hybridized carbons (Fsp3) is 0.308. The van der Waals surface area contributed by atoms with Crippen molar-refractivity contribution in [2.45, 2.75) is 26.2 Å². The molecule has 1 heterocycles. The lowest BCUT2D eigenvalue weighted by molar-refractivity contribution is 0.100. The molecule has 1 atom stereocenters. The number of carbonyl (C=O) groups excluding carboxylic acids is 1. The zero-order chi connectivity index (χ0) is 11.7. The second-order valence-corrected chi connectivity index (χ2v) is 4.20. The minimum Gasteiger partial charge on any atom is -0.366 e. The van der Waals surface area contributed by atoms with Crippen LogP contribution in [0.25, 0.3) is 10.9 Å². The normalized spacial score (nSPS) is 12.9. The SMILES string of the molecule is CCC(C)c1cc2cc(C(N)=O)ccc2[nH]1. The first-order chi connectivity index (χ1) is 7.61. The van der Waals surface area contributed by atoms with Gasteiger partial charge in [0.1, 0.15) is 0 Å². The largest absolute Gasteiger partial charge is 0.366 e. The first-order valence-corrected chi connectivity index (χ1v) is 5.54. The maximum atomic E-state index is 11.1. The minimum absolute atomic E-state index is 0.381. The van der Waals surface area contributed by atoms with Gasteiger partial charge in [0.25, 0.3) is 0 Å². The van der Waals surface area contributed by atoms with Crippen molar-refractivity contribution in [3.05, 3.63) is 35.5 Å². The van der Waals surface area contributed by atoms with Gasteiger partial charge in [-0.15, -0.1) is 0 Å². The van der Waals surface area contributed by atoms with Crippen molar-refractivity contribution in [1.82, 2.24) is 4.98 Å². The minimum atomic E-state index is -0.381. The van der Waals surface area contributed by atoms with E-state index >= 15 is 0 Å². The maximum Gasteiger partial charge on any atom is 0.248 e. The Hall–Kier alpha value is -1.77. The van der Waals surface area contributed by atoms with Gasteiger partial charge in [0.05, 0.1) is 0 Å². The van der Waals surface area contributed by atoms with Crippen LogP contribution in [0.5, 0.6) is 0 Å². The molecule has 3 N–H and O–H groups in total. The van der Waals surface area contributed by atoms with Gasteiger partial charge in [-0.1, -0.05) is 13.8 Å². The summed E-state index contributed by atoms with van der Waals surface area (Å²) in [5, 5.41) is 1.05. The Morgan fingerprint density at radius 3 is 2.81 bits per heavy atom. The fourth-order valence-electron chi connectivity index (χ4n) is 1.79. The van der Waals surface area contributed by atoms with Crippen LogP contribution in [0, 0.1) is 0 Å². The van der Waals surface area contributed by atoms with Gasteiger partial charge in [-0.05, 0) is 36.6 Å². The van der Waals surface area contributed by atoms with Crippen LogP contribution in [0.3, 0.4) is 0 Å². The van der Waals surface area contributed by atoms with E-state index in [0.717, 1.165) is 17.3 Å². The summed E-state index contributed by atoms with van der Waals surface area (Å²) in [6.07, 6.45) is 1.09. The van der Waals surface area contributed by atoms with Crippen LogP contribution in [0.4, 0.5) is 0 Å². The first-order valence-electron chi connectivity index (χ1n) is 5.54. The van der Waals surface area contributed by atoms with E-state index in [1.807, 2.05) is 12.1 Å². The Morgan fingerprint density at radius 1 is 1.44 bits per heavy atom. The Labute approximate surface area is 94.6 Å². The topological polar surface area (TPSA) is 58.9 Å². The highest BCUT2D eigenvalue weighted by molar-refractivity contribution is 5.97. The van der Waals surface area contributed by atoms with E-state index in [1.54, 1.807) is 6.07 Å². The molecule has 0 bridgehead atoms. The van der Waals surface area contributed by atoms with Crippen LogP contribution in [-0.2, 0) is 0 Å². The lowest BCUT2D eigenvalue weighted by Crippen LogP contribution is -2.10. The molecule has 2 rings (SSSR count). The highest BCUT2D eigenvalue weighted by Crippen LogP contribution is 2.23. The van der Waals surface area contributed by atoms with E-state index in [2.05, 4.69) is 24.9 Å². The number of carbonyl (C=O) groups is 1. The quantitative estimate of drug-likeness (QED) is 0.814. The zero-order valence-electron chi connectivity index (χ0n) is 9.58. The number of primary amides is 1. The summed E-state index contributed by atoms with van der Waals surface area (Å²) in [7, 11) is 0. The molecule has 0 spiro atoms. The Balaban J connectivity index is 2.49. The Morgan fingerprint density at radius 2 is 2.19 bits per heavy atom. The molecule has 1 amide bonds. The number of nitrogens with one attached hydrogen (secondary N) is 1. The van der Waals surface area contributed by atoms with Gasteiger partial charge in [0.15, 0.2) is 0 Å². The van der Waals surface area contributed by atoms with Crippen LogP contribution in [0.2, 0.25) is 0 Å². The fourth-order valence-corrected chi connectivity index (χ4v) is 1.79. The molecule has 3 nitrogen and oxygen atoms in total. The number of hydrogen-bond acceptors (Lipinski definition) is 1. The molecule has 0 aliphatic heterocycles. The van der Waals surface area contributed by atoms with Crippen LogP contribution in [-0.4, -0.2) is 10.9 Å². The summed E-state index contributed by atoms with van der Waals surface area (Å²) in [4.78, 5) is 14.4. The van der Waals surface area contributed by atoms with Crippen molar-refractivity contribution in [3.8, 4) is 0 Å². The third-order valence-electron chi connectivity index (χ3n) is 3.07. The van der Waals surface area contributed by atoms with Crippen molar-refractivity contribution >= 4 is 16.8 Å². The van der Waals surface area contributed by atoms with Crippen molar-refractivity contribution in [3.63, 3.8) is 0 Å². The van der Waals surface area contributed by atoms with E-state index in [0.29, 0.717) is 11.5 Å². The average molecular weight is 216 g/mol. The Bertz CT molecular complexity index is 528. The molecule has 0 radical (unpaired) electrons. The lowest BCUT2D eigenvalue weighted by atomic mass is 10.1. The van der Waals surface area contributed by atoms with Gasteiger partial charge in [0, 0.05) is 22.2 Å². The molecule has 3 heteroatoms. The monoisotopic (exact) mass is 216 g/mol. The van der Waals surface area contributed by atoms with Gasteiger partial charge < -0.3 is 10.7 Å². The lowest BCUT2D eigenvalue weighted by Gasteiger charge is -2.03. The van der Waals surface area contributed by atoms with Crippen molar-refractivity contribution in [2.24, 2.45) is 5.73 Å². The molecule has 0 aliphatic rings. The molecule has 16 heavy (non-hydrogen) atoms. The Kier molecular flexibility index (Phi) is 2.69. The molecule has 1 aromatic carbocycles.